The molecule has 0 aliphatic rings. The van der Waals surface area contributed by atoms with Crippen molar-refractivity contribution in [1.29, 1.82) is 0 Å². The maximum absolute atomic E-state index is 13.0. The lowest BCUT2D eigenvalue weighted by Crippen LogP contribution is -2.08. The number of nitrogens with zero attached hydrogens (tertiary/aromatic N) is 2. The summed E-state index contributed by atoms with van der Waals surface area (Å²) in [5.41, 5.74) is 8.40. The molecule has 0 aliphatic carbocycles. The van der Waals surface area contributed by atoms with Gasteiger partial charge in [-0.1, -0.05) is 0 Å². The smallest absolute Gasteiger partial charge is 0.123 e. The summed E-state index contributed by atoms with van der Waals surface area (Å²) in [7, 11) is 0. The second-order valence-electron chi connectivity index (χ2n) is 3.72. The van der Waals surface area contributed by atoms with Gasteiger partial charge in [-0.25, -0.2) is 9.37 Å². The van der Waals surface area contributed by atoms with Gasteiger partial charge < -0.3 is 10.3 Å². The lowest BCUT2D eigenvalue weighted by Gasteiger charge is -2.10. The van der Waals surface area contributed by atoms with E-state index in [2.05, 4.69) is 4.98 Å². The summed E-state index contributed by atoms with van der Waals surface area (Å²) in [6.45, 7) is 2.45. The molecule has 16 heavy (non-hydrogen) atoms. The predicted molar refractivity (Wildman–Crippen MR) is 61.0 cm³/mol. The molecule has 2 N–H and O–H groups in total. The molecule has 1 aromatic carbocycles. The van der Waals surface area contributed by atoms with Crippen LogP contribution in [0.25, 0.3) is 5.69 Å². The number of nitrogens with two attached hydrogens (primary N) is 1. The minimum atomic E-state index is -0.221. The van der Waals surface area contributed by atoms with Gasteiger partial charge in [0.1, 0.15) is 5.82 Å². The Morgan fingerprint density at radius 1 is 1.44 bits per heavy atom. The summed E-state index contributed by atoms with van der Waals surface area (Å²) in [6, 6.07) is 4.72. The van der Waals surface area contributed by atoms with Crippen molar-refractivity contribution in [2.75, 3.05) is 6.54 Å². The number of hydrogen-bond acceptors (Lipinski definition) is 2. The molecule has 0 atom stereocenters. The van der Waals surface area contributed by atoms with E-state index >= 15 is 0 Å². The van der Waals surface area contributed by atoms with Crippen molar-refractivity contribution in [3.05, 3.63) is 47.8 Å². The Hall–Kier alpha value is -1.68. The van der Waals surface area contributed by atoms with Crippen LogP contribution in [0.1, 0.15) is 11.3 Å². The van der Waals surface area contributed by atoms with Crippen LogP contribution in [0, 0.1) is 12.7 Å². The minimum Gasteiger partial charge on any atom is -0.330 e. The molecular formula is C12H14FN3. The first-order valence-corrected chi connectivity index (χ1v) is 5.20. The highest BCUT2D eigenvalue weighted by molar-refractivity contribution is 5.41. The Kier molecular flexibility index (Phi) is 3.01. The molecule has 2 aromatic rings. The first kappa shape index (κ1) is 10.8. The third-order valence-corrected chi connectivity index (χ3v) is 2.53. The maximum Gasteiger partial charge on any atom is 0.123 e. The van der Waals surface area contributed by atoms with Crippen LogP contribution in [0.3, 0.4) is 0 Å². The first-order chi connectivity index (χ1) is 7.72. The quantitative estimate of drug-likeness (QED) is 0.855. The van der Waals surface area contributed by atoms with Crippen LogP contribution < -0.4 is 5.73 Å². The summed E-state index contributed by atoms with van der Waals surface area (Å²) in [5, 5.41) is 0. The van der Waals surface area contributed by atoms with Crippen LogP contribution in [-0.2, 0) is 6.42 Å². The summed E-state index contributed by atoms with van der Waals surface area (Å²) in [4.78, 5) is 4.09. The molecule has 0 unspecified atom stereocenters. The fourth-order valence-electron chi connectivity index (χ4n) is 1.76. The van der Waals surface area contributed by atoms with Crippen molar-refractivity contribution in [3.63, 3.8) is 0 Å². The van der Waals surface area contributed by atoms with Gasteiger partial charge in [-0.3, -0.25) is 0 Å². The van der Waals surface area contributed by atoms with E-state index in [0.717, 1.165) is 23.4 Å². The lowest BCUT2D eigenvalue weighted by molar-refractivity contribution is 0.626. The van der Waals surface area contributed by atoms with E-state index in [1.165, 1.54) is 12.1 Å². The molecule has 0 bridgehead atoms. The number of imidazole rings is 1. The van der Waals surface area contributed by atoms with E-state index in [1.54, 1.807) is 18.6 Å². The third-order valence-electron chi connectivity index (χ3n) is 2.53. The number of rotatable bonds is 3. The summed E-state index contributed by atoms with van der Waals surface area (Å²) >= 11 is 0. The average molecular weight is 219 g/mol. The number of halogens is 1. The molecule has 0 radical (unpaired) electrons. The zero-order chi connectivity index (χ0) is 11.5. The van der Waals surface area contributed by atoms with Crippen LogP contribution in [0.5, 0.6) is 0 Å². The standard InChI is InChI=1S/C12H14FN3/c1-9-6-10(13)2-3-12(9)16-8-15-7-11(16)4-5-14/h2-3,6-8H,4-5,14H2,1H3. The van der Waals surface area contributed by atoms with Crippen molar-refractivity contribution >= 4 is 0 Å². The molecule has 3 nitrogen and oxygen atoms in total. The molecule has 1 heterocycles. The van der Waals surface area contributed by atoms with Crippen LogP contribution in [-0.4, -0.2) is 16.1 Å². The predicted octanol–water partition coefficient (Wildman–Crippen LogP) is 1.82. The van der Waals surface area contributed by atoms with E-state index < -0.39 is 0 Å². The Labute approximate surface area is 93.7 Å². The van der Waals surface area contributed by atoms with E-state index in [0.29, 0.717) is 6.54 Å². The Balaban J connectivity index is 2.46. The van der Waals surface area contributed by atoms with E-state index in [9.17, 15) is 4.39 Å². The highest BCUT2D eigenvalue weighted by Crippen LogP contribution is 2.17. The molecule has 0 saturated carbocycles. The molecule has 4 heteroatoms. The Morgan fingerprint density at radius 2 is 2.25 bits per heavy atom. The van der Waals surface area contributed by atoms with Crippen molar-refractivity contribution in [2.45, 2.75) is 13.3 Å². The van der Waals surface area contributed by atoms with Crippen LogP contribution >= 0.6 is 0 Å². The van der Waals surface area contributed by atoms with Gasteiger partial charge in [0.05, 0.1) is 6.33 Å². The number of benzene rings is 1. The highest BCUT2D eigenvalue weighted by Gasteiger charge is 2.06. The normalized spacial score (nSPS) is 10.7. The van der Waals surface area contributed by atoms with E-state index in [1.807, 2.05) is 11.5 Å². The van der Waals surface area contributed by atoms with E-state index in [4.69, 9.17) is 5.73 Å². The van der Waals surface area contributed by atoms with Gasteiger partial charge in [-0.2, -0.15) is 0 Å². The average Bonchev–Trinajstić information content (AvgIpc) is 2.67. The molecular weight excluding hydrogens is 205 g/mol. The Bertz CT molecular complexity index is 491. The second kappa shape index (κ2) is 4.45. The molecule has 0 saturated heterocycles. The first-order valence-electron chi connectivity index (χ1n) is 5.20. The van der Waals surface area contributed by atoms with Crippen LogP contribution in [0.15, 0.2) is 30.7 Å². The molecule has 0 fully saturated rings. The maximum atomic E-state index is 13.0. The minimum absolute atomic E-state index is 0.221. The van der Waals surface area contributed by atoms with Crippen molar-refractivity contribution in [1.82, 2.24) is 9.55 Å². The topological polar surface area (TPSA) is 43.8 Å². The van der Waals surface area contributed by atoms with Gasteiger partial charge in [-0.05, 0) is 37.2 Å². The van der Waals surface area contributed by atoms with Crippen molar-refractivity contribution in [3.8, 4) is 5.69 Å². The SMILES string of the molecule is Cc1cc(F)ccc1-n1cncc1CCN. The number of aryl methyl sites for hydroxylation is 1. The van der Waals surface area contributed by atoms with Crippen molar-refractivity contribution < 1.29 is 4.39 Å². The fourth-order valence-corrected chi connectivity index (χ4v) is 1.76. The third kappa shape index (κ3) is 1.97. The monoisotopic (exact) mass is 219 g/mol. The van der Waals surface area contributed by atoms with Crippen LogP contribution in [0.4, 0.5) is 4.39 Å². The molecule has 2 rings (SSSR count). The zero-order valence-corrected chi connectivity index (χ0v) is 9.15. The lowest BCUT2D eigenvalue weighted by atomic mass is 10.2. The summed E-state index contributed by atoms with van der Waals surface area (Å²) in [5.74, 6) is -0.221. The van der Waals surface area contributed by atoms with Gasteiger partial charge in [0, 0.05) is 24.0 Å². The second-order valence-corrected chi connectivity index (χ2v) is 3.72. The van der Waals surface area contributed by atoms with Gasteiger partial charge in [0.15, 0.2) is 0 Å². The number of hydrogen-bond donors (Lipinski definition) is 1. The molecule has 0 aliphatic heterocycles. The van der Waals surface area contributed by atoms with Crippen molar-refractivity contribution in [2.24, 2.45) is 5.73 Å². The summed E-state index contributed by atoms with van der Waals surface area (Å²) in [6.07, 6.45) is 4.28. The molecule has 0 spiro atoms. The zero-order valence-electron chi connectivity index (χ0n) is 9.15. The number of aromatic nitrogens is 2. The van der Waals surface area contributed by atoms with Gasteiger partial charge in [0.2, 0.25) is 0 Å². The highest BCUT2D eigenvalue weighted by atomic mass is 19.1. The van der Waals surface area contributed by atoms with Gasteiger partial charge in [0.25, 0.3) is 0 Å². The summed E-state index contributed by atoms with van der Waals surface area (Å²) < 4.78 is 14.9. The molecule has 0 amide bonds. The Morgan fingerprint density at radius 3 is 2.94 bits per heavy atom. The molecule has 1 aromatic heterocycles. The van der Waals surface area contributed by atoms with Gasteiger partial charge >= 0.3 is 0 Å². The van der Waals surface area contributed by atoms with Gasteiger partial charge in [-0.15, -0.1) is 0 Å². The van der Waals surface area contributed by atoms with Crippen LogP contribution in [0.2, 0.25) is 0 Å². The fraction of sp³-hybridized carbons (Fsp3) is 0.250. The molecule has 84 valence electrons. The largest absolute Gasteiger partial charge is 0.330 e. The van der Waals surface area contributed by atoms with E-state index in [-0.39, 0.29) is 5.82 Å².